The van der Waals surface area contributed by atoms with Gasteiger partial charge in [-0.15, -0.1) is 0 Å². The second-order valence-corrected chi connectivity index (χ2v) is 7.35. The summed E-state index contributed by atoms with van der Waals surface area (Å²) in [7, 11) is 1.97. The number of para-hydroxylation sites is 2. The summed E-state index contributed by atoms with van der Waals surface area (Å²) >= 11 is 0. The molecule has 1 aromatic heterocycles. The molecule has 144 valence electrons. The summed E-state index contributed by atoms with van der Waals surface area (Å²) in [5.41, 5.74) is 5.09. The molecule has 1 saturated heterocycles. The van der Waals surface area contributed by atoms with Crippen LogP contribution >= 0.6 is 0 Å². The van der Waals surface area contributed by atoms with Crippen molar-refractivity contribution in [2.75, 3.05) is 11.4 Å². The lowest BCUT2D eigenvalue weighted by Gasteiger charge is -2.32. The maximum atomic E-state index is 13.8. The Morgan fingerprint density at radius 3 is 2.07 bits per heavy atom. The fraction of sp³-hybridized carbons (Fsp3) is 0.304. The molecule has 1 fully saturated rings. The van der Waals surface area contributed by atoms with Crippen LogP contribution in [-0.2, 0) is 7.05 Å². The number of hydrogen-bond donors (Lipinski definition) is 0. The van der Waals surface area contributed by atoms with E-state index in [0.717, 1.165) is 42.1 Å². The summed E-state index contributed by atoms with van der Waals surface area (Å²) < 4.78 is 1.91. The summed E-state index contributed by atoms with van der Waals surface area (Å²) in [6.07, 6.45) is 1.97. The minimum atomic E-state index is 0.0163. The van der Waals surface area contributed by atoms with Gasteiger partial charge in [0.05, 0.1) is 23.1 Å². The van der Waals surface area contributed by atoms with Crippen LogP contribution in [0.3, 0.4) is 0 Å². The van der Waals surface area contributed by atoms with Crippen molar-refractivity contribution in [1.29, 1.82) is 0 Å². The molecule has 0 N–H and O–H groups in total. The molecule has 2 heterocycles. The first-order chi connectivity index (χ1) is 13.6. The van der Waals surface area contributed by atoms with Gasteiger partial charge in [0.2, 0.25) is 0 Å². The lowest BCUT2D eigenvalue weighted by Crippen LogP contribution is -2.40. The van der Waals surface area contributed by atoms with Gasteiger partial charge in [-0.2, -0.15) is 5.10 Å². The minimum absolute atomic E-state index is 0.0163. The first-order valence-electron chi connectivity index (χ1n) is 9.79. The summed E-state index contributed by atoms with van der Waals surface area (Å²) in [6, 6.07) is 19.8. The normalized spacial score (nSPS) is 16.4. The van der Waals surface area contributed by atoms with Crippen molar-refractivity contribution in [1.82, 2.24) is 14.7 Å². The van der Waals surface area contributed by atoms with Crippen molar-refractivity contribution in [2.45, 2.75) is 32.7 Å². The number of nitrogens with zero attached hydrogens (tertiary/aromatic N) is 4. The van der Waals surface area contributed by atoms with Gasteiger partial charge in [-0.3, -0.25) is 9.58 Å². The van der Waals surface area contributed by atoms with Gasteiger partial charge in [0.25, 0.3) is 0 Å². The monoisotopic (exact) mass is 374 g/mol. The number of likely N-dealkylation sites (tertiary alicyclic amines) is 1. The number of rotatable bonds is 3. The molecule has 1 aliphatic heterocycles. The SMILES string of the molecule is Cc1nn(C)c(C)c1[C@@H]1CCCN1C(=O)N(c1ccccc1)c1ccccc1. The summed E-state index contributed by atoms with van der Waals surface area (Å²) in [5, 5.41) is 4.58. The third-order valence-corrected chi connectivity index (χ3v) is 5.62. The van der Waals surface area contributed by atoms with Crippen molar-refractivity contribution < 1.29 is 4.79 Å². The maximum Gasteiger partial charge on any atom is 0.329 e. The molecule has 3 aromatic rings. The van der Waals surface area contributed by atoms with E-state index in [2.05, 4.69) is 12.0 Å². The molecular weight excluding hydrogens is 348 g/mol. The summed E-state index contributed by atoms with van der Waals surface area (Å²) in [4.78, 5) is 17.6. The van der Waals surface area contributed by atoms with E-state index in [0.29, 0.717) is 0 Å². The van der Waals surface area contributed by atoms with Crippen LogP contribution in [0, 0.1) is 13.8 Å². The van der Waals surface area contributed by atoms with Gasteiger partial charge < -0.3 is 4.90 Å². The van der Waals surface area contributed by atoms with Crippen LogP contribution in [0.4, 0.5) is 16.2 Å². The molecule has 2 amide bonds. The largest absolute Gasteiger partial charge is 0.329 e. The molecular formula is C23H26N4O. The van der Waals surface area contributed by atoms with E-state index < -0.39 is 0 Å². The molecule has 1 aliphatic rings. The lowest BCUT2D eigenvalue weighted by molar-refractivity contribution is 0.202. The second kappa shape index (κ2) is 7.50. The van der Waals surface area contributed by atoms with Gasteiger partial charge in [-0.1, -0.05) is 36.4 Å². The Balaban J connectivity index is 1.74. The van der Waals surface area contributed by atoms with Crippen LogP contribution in [-0.4, -0.2) is 27.3 Å². The number of hydrogen-bond acceptors (Lipinski definition) is 2. The number of benzene rings is 2. The molecule has 5 heteroatoms. The van der Waals surface area contributed by atoms with Gasteiger partial charge >= 0.3 is 6.03 Å². The molecule has 4 rings (SSSR count). The van der Waals surface area contributed by atoms with Crippen molar-refractivity contribution in [3.05, 3.63) is 77.6 Å². The van der Waals surface area contributed by atoms with E-state index in [1.807, 2.05) is 89.1 Å². The van der Waals surface area contributed by atoms with Crippen LogP contribution in [0.2, 0.25) is 0 Å². The highest BCUT2D eigenvalue weighted by Gasteiger charge is 2.36. The predicted octanol–water partition coefficient (Wildman–Crippen LogP) is 5.13. The second-order valence-electron chi connectivity index (χ2n) is 7.35. The lowest BCUT2D eigenvalue weighted by atomic mass is 10.0. The number of aryl methyl sites for hydroxylation is 2. The highest BCUT2D eigenvalue weighted by Crippen LogP contribution is 2.38. The first-order valence-corrected chi connectivity index (χ1v) is 9.79. The van der Waals surface area contributed by atoms with Gasteiger partial charge in [0, 0.05) is 24.8 Å². The summed E-state index contributed by atoms with van der Waals surface area (Å²) in [5.74, 6) is 0. The molecule has 5 nitrogen and oxygen atoms in total. The molecule has 0 bridgehead atoms. The Kier molecular flexibility index (Phi) is 4.90. The molecule has 0 unspecified atom stereocenters. The Morgan fingerprint density at radius 1 is 1.00 bits per heavy atom. The van der Waals surface area contributed by atoms with Crippen LogP contribution in [0.25, 0.3) is 0 Å². The molecule has 0 spiro atoms. The Morgan fingerprint density at radius 2 is 1.57 bits per heavy atom. The van der Waals surface area contributed by atoms with Crippen molar-refractivity contribution in [3.8, 4) is 0 Å². The van der Waals surface area contributed by atoms with E-state index in [4.69, 9.17) is 0 Å². The predicted molar refractivity (Wildman–Crippen MR) is 112 cm³/mol. The zero-order chi connectivity index (χ0) is 19.7. The number of urea groups is 1. The highest BCUT2D eigenvalue weighted by molar-refractivity contribution is 5.99. The standard InChI is InChI=1S/C23H26N4O/c1-17-22(18(2)25(3)24-17)21-15-10-16-26(21)23(28)27(19-11-6-4-7-12-19)20-13-8-5-9-14-20/h4-9,11-14,21H,10,15-16H2,1-3H3/t21-/m0/s1. The summed E-state index contributed by atoms with van der Waals surface area (Å²) in [6.45, 7) is 4.88. The van der Waals surface area contributed by atoms with Crippen LogP contribution in [0.15, 0.2) is 60.7 Å². The smallest absolute Gasteiger partial charge is 0.317 e. The number of carbonyl (C=O) groups is 1. The van der Waals surface area contributed by atoms with E-state index in [-0.39, 0.29) is 12.1 Å². The maximum absolute atomic E-state index is 13.8. The zero-order valence-corrected chi connectivity index (χ0v) is 16.7. The minimum Gasteiger partial charge on any atom is -0.317 e. The number of aromatic nitrogens is 2. The Labute approximate surface area is 166 Å². The van der Waals surface area contributed by atoms with Gasteiger partial charge in [0.15, 0.2) is 0 Å². The van der Waals surface area contributed by atoms with E-state index in [9.17, 15) is 4.79 Å². The molecule has 0 saturated carbocycles. The highest BCUT2D eigenvalue weighted by atomic mass is 16.2. The average molecular weight is 374 g/mol. The van der Waals surface area contributed by atoms with Crippen molar-refractivity contribution in [3.63, 3.8) is 0 Å². The van der Waals surface area contributed by atoms with E-state index in [1.165, 1.54) is 5.56 Å². The number of amides is 2. The average Bonchev–Trinajstić information content (AvgIpc) is 3.28. The Bertz CT molecular complexity index is 926. The zero-order valence-electron chi connectivity index (χ0n) is 16.7. The quantitative estimate of drug-likeness (QED) is 0.637. The fourth-order valence-corrected chi connectivity index (χ4v) is 4.22. The van der Waals surface area contributed by atoms with Gasteiger partial charge in [-0.05, 0) is 51.0 Å². The number of carbonyl (C=O) groups excluding carboxylic acids is 1. The molecule has 28 heavy (non-hydrogen) atoms. The van der Waals surface area contributed by atoms with Gasteiger partial charge in [-0.25, -0.2) is 4.79 Å². The Hall–Kier alpha value is -3.08. The first kappa shape index (κ1) is 18.3. The van der Waals surface area contributed by atoms with Gasteiger partial charge in [0.1, 0.15) is 0 Å². The molecule has 1 atom stereocenters. The van der Waals surface area contributed by atoms with E-state index in [1.54, 1.807) is 0 Å². The number of anilines is 2. The van der Waals surface area contributed by atoms with Crippen molar-refractivity contribution >= 4 is 17.4 Å². The van der Waals surface area contributed by atoms with Crippen LogP contribution < -0.4 is 4.90 Å². The van der Waals surface area contributed by atoms with Crippen LogP contribution in [0.1, 0.15) is 35.8 Å². The van der Waals surface area contributed by atoms with Crippen LogP contribution in [0.5, 0.6) is 0 Å². The van der Waals surface area contributed by atoms with Crippen molar-refractivity contribution in [2.24, 2.45) is 7.05 Å². The van der Waals surface area contributed by atoms with E-state index >= 15 is 0 Å². The third kappa shape index (κ3) is 3.17. The third-order valence-electron chi connectivity index (χ3n) is 5.62. The molecule has 0 aliphatic carbocycles. The fourth-order valence-electron chi connectivity index (χ4n) is 4.22. The topological polar surface area (TPSA) is 41.4 Å². The molecule has 2 aromatic carbocycles. The molecule has 0 radical (unpaired) electrons.